The molecule has 4 nitrogen and oxygen atoms in total. The third-order valence-electron chi connectivity index (χ3n) is 3.74. The summed E-state index contributed by atoms with van der Waals surface area (Å²) < 4.78 is 4.69. The molecule has 2 N–H and O–H groups in total. The molecule has 0 bridgehead atoms. The largest absolute Gasteiger partial charge is 0.464 e. The zero-order valence-electron chi connectivity index (χ0n) is 11.4. The molecule has 0 aromatic carbocycles. The van der Waals surface area contributed by atoms with Gasteiger partial charge in [-0.15, -0.1) is 11.3 Å². The molecule has 1 unspecified atom stereocenters. The fourth-order valence-electron chi connectivity index (χ4n) is 2.70. The number of aromatic amines is 1. The molecule has 3 rings (SSSR count). The summed E-state index contributed by atoms with van der Waals surface area (Å²) >= 11 is 1.85. The van der Waals surface area contributed by atoms with Gasteiger partial charge in [0.25, 0.3) is 0 Å². The molecule has 0 saturated carbocycles. The van der Waals surface area contributed by atoms with Gasteiger partial charge >= 0.3 is 5.97 Å². The third kappa shape index (κ3) is 2.64. The number of methoxy groups -OCH3 is 1. The van der Waals surface area contributed by atoms with Crippen LogP contribution in [0.15, 0.2) is 23.6 Å². The predicted octanol–water partition coefficient (Wildman–Crippen LogP) is 3.03. The predicted molar refractivity (Wildman–Crippen MR) is 79.0 cm³/mol. The lowest BCUT2D eigenvalue weighted by atomic mass is 9.94. The molecule has 2 heterocycles. The lowest BCUT2D eigenvalue weighted by Gasteiger charge is -2.23. The summed E-state index contributed by atoms with van der Waals surface area (Å²) in [4.78, 5) is 16.0. The zero-order chi connectivity index (χ0) is 13.9. The van der Waals surface area contributed by atoms with Crippen LogP contribution in [0, 0.1) is 0 Å². The van der Waals surface area contributed by atoms with E-state index in [9.17, 15) is 4.79 Å². The molecular weight excluding hydrogens is 272 g/mol. The van der Waals surface area contributed by atoms with Crippen molar-refractivity contribution >= 4 is 17.3 Å². The minimum Gasteiger partial charge on any atom is -0.464 e. The van der Waals surface area contributed by atoms with Crippen LogP contribution in [0.1, 0.15) is 45.5 Å². The number of thiophene rings is 1. The Labute approximate surface area is 122 Å². The standard InChI is InChI=1S/C15H18N2O2S/c1-19-15(18)13-6-5-10(17-13)9-16-12-3-2-4-14-11(12)7-8-20-14/h5-8,12,16-17H,2-4,9H2,1H3. The number of rotatable bonds is 4. The van der Waals surface area contributed by atoms with Crippen molar-refractivity contribution in [3.05, 3.63) is 45.4 Å². The highest BCUT2D eigenvalue weighted by molar-refractivity contribution is 7.10. The Morgan fingerprint density at radius 3 is 3.25 bits per heavy atom. The molecule has 0 radical (unpaired) electrons. The van der Waals surface area contributed by atoms with E-state index in [0.717, 1.165) is 12.2 Å². The molecule has 0 amide bonds. The van der Waals surface area contributed by atoms with Crippen LogP contribution >= 0.6 is 11.3 Å². The van der Waals surface area contributed by atoms with Crippen molar-refractivity contribution in [1.82, 2.24) is 10.3 Å². The Balaban J connectivity index is 1.63. The molecule has 1 atom stereocenters. The van der Waals surface area contributed by atoms with E-state index in [-0.39, 0.29) is 5.97 Å². The second kappa shape index (κ2) is 5.81. The number of aryl methyl sites for hydroxylation is 1. The number of fused-ring (bicyclic) bond motifs is 1. The molecule has 0 fully saturated rings. The number of esters is 1. The van der Waals surface area contributed by atoms with Crippen LogP contribution < -0.4 is 5.32 Å². The Morgan fingerprint density at radius 2 is 2.40 bits per heavy atom. The van der Waals surface area contributed by atoms with Gasteiger partial charge in [-0.2, -0.15) is 0 Å². The average Bonchev–Trinajstić information content (AvgIpc) is 3.13. The van der Waals surface area contributed by atoms with Crippen molar-refractivity contribution in [3.63, 3.8) is 0 Å². The molecule has 2 aromatic heterocycles. The minimum atomic E-state index is -0.325. The van der Waals surface area contributed by atoms with Crippen LogP contribution in [0.5, 0.6) is 0 Å². The monoisotopic (exact) mass is 290 g/mol. The van der Waals surface area contributed by atoms with Crippen molar-refractivity contribution in [3.8, 4) is 0 Å². The van der Waals surface area contributed by atoms with Crippen LogP contribution in [0.25, 0.3) is 0 Å². The molecule has 5 heteroatoms. The SMILES string of the molecule is COC(=O)c1ccc(CNC2CCCc3sccc32)[nH]1. The number of ether oxygens (including phenoxy) is 1. The first-order valence-electron chi connectivity index (χ1n) is 6.84. The number of H-pyrrole nitrogens is 1. The average molecular weight is 290 g/mol. The van der Waals surface area contributed by atoms with Gasteiger partial charge in [0.05, 0.1) is 7.11 Å². The smallest absolute Gasteiger partial charge is 0.354 e. The normalized spacial score (nSPS) is 17.8. The minimum absolute atomic E-state index is 0.325. The van der Waals surface area contributed by atoms with Gasteiger partial charge in [-0.1, -0.05) is 0 Å². The van der Waals surface area contributed by atoms with E-state index in [2.05, 4.69) is 21.7 Å². The summed E-state index contributed by atoms with van der Waals surface area (Å²) in [6.45, 7) is 0.733. The molecule has 0 saturated heterocycles. The second-order valence-electron chi connectivity index (χ2n) is 5.01. The maximum absolute atomic E-state index is 11.4. The van der Waals surface area contributed by atoms with E-state index in [4.69, 9.17) is 4.74 Å². The number of carbonyl (C=O) groups excluding carboxylic acids is 1. The summed E-state index contributed by atoms with van der Waals surface area (Å²) in [5, 5.41) is 5.75. The quantitative estimate of drug-likeness (QED) is 0.851. The van der Waals surface area contributed by atoms with Gasteiger partial charge in [0.1, 0.15) is 5.69 Å². The summed E-state index contributed by atoms with van der Waals surface area (Å²) in [5.41, 5.74) is 2.96. The van der Waals surface area contributed by atoms with Crippen molar-refractivity contribution in [2.24, 2.45) is 0 Å². The van der Waals surface area contributed by atoms with Gasteiger partial charge in [0.15, 0.2) is 0 Å². The number of hydrogen-bond acceptors (Lipinski definition) is 4. The van der Waals surface area contributed by atoms with E-state index in [1.165, 1.54) is 36.8 Å². The van der Waals surface area contributed by atoms with Gasteiger partial charge in [-0.25, -0.2) is 4.79 Å². The molecule has 1 aliphatic carbocycles. The maximum atomic E-state index is 11.4. The second-order valence-corrected chi connectivity index (χ2v) is 6.01. The van der Waals surface area contributed by atoms with Crippen LogP contribution in [-0.4, -0.2) is 18.1 Å². The van der Waals surface area contributed by atoms with Crippen molar-refractivity contribution in [1.29, 1.82) is 0 Å². The summed E-state index contributed by atoms with van der Waals surface area (Å²) in [5.74, 6) is -0.325. The summed E-state index contributed by atoms with van der Waals surface area (Å²) in [7, 11) is 1.39. The molecule has 0 aliphatic heterocycles. The molecule has 0 spiro atoms. The van der Waals surface area contributed by atoms with Gasteiger partial charge in [0, 0.05) is 23.2 Å². The Kier molecular flexibility index (Phi) is 3.89. The Hall–Kier alpha value is -1.59. The first-order chi connectivity index (χ1) is 9.78. The fraction of sp³-hybridized carbons (Fsp3) is 0.400. The summed E-state index contributed by atoms with van der Waals surface area (Å²) in [6.07, 6.45) is 3.62. The zero-order valence-corrected chi connectivity index (χ0v) is 12.3. The van der Waals surface area contributed by atoms with Crippen LogP contribution in [-0.2, 0) is 17.7 Å². The van der Waals surface area contributed by atoms with Crippen molar-refractivity contribution in [2.45, 2.75) is 31.8 Å². The van der Waals surface area contributed by atoms with Crippen LogP contribution in [0.2, 0.25) is 0 Å². The third-order valence-corrected chi connectivity index (χ3v) is 4.74. The van der Waals surface area contributed by atoms with E-state index in [1.807, 2.05) is 17.4 Å². The van der Waals surface area contributed by atoms with E-state index < -0.39 is 0 Å². The lowest BCUT2D eigenvalue weighted by Crippen LogP contribution is -2.24. The summed E-state index contributed by atoms with van der Waals surface area (Å²) in [6, 6.07) is 6.34. The highest BCUT2D eigenvalue weighted by atomic mass is 32.1. The topological polar surface area (TPSA) is 54.1 Å². The highest BCUT2D eigenvalue weighted by Crippen LogP contribution is 2.33. The first-order valence-corrected chi connectivity index (χ1v) is 7.71. The molecule has 106 valence electrons. The molecule has 2 aromatic rings. The Morgan fingerprint density at radius 1 is 1.50 bits per heavy atom. The highest BCUT2D eigenvalue weighted by Gasteiger charge is 2.20. The van der Waals surface area contributed by atoms with Gasteiger partial charge < -0.3 is 15.0 Å². The van der Waals surface area contributed by atoms with Crippen molar-refractivity contribution in [2.75, 3.05) is 7.11 Å². The van der Waals surface area contributed by atoms with Crippen LogP contribution in [0.3, 0.4) is 0 Å². The van der Waals surface area contributed by atoms with Crippen LogP contribution in [0.4, 0.5) is 0 Å². The van der Waals surface area contributed by atoms with E-state index in [0.29, 0.717) is 11.7 Å². The fourth-order valence-corrected chi connectivity index (χ4v) is 3.69. The molecule has 20 heavy (non-hydrogen) atoms. The first kappa shape index (κ1) is 13.4. The van der Waals surface area contributed by atoms with E-state index >= 15 is 0 Å². The number of carbonyl (C=O) groups is 1. The lowest BCUT2D eigenvalue weighted by molar-refractivity contribution is 0.0594. The van der Waals surface area contributed by atoms with Gasteiger partial charge in [0.2, 0.25) is 0 Å². The number of hydrogen-bond donors (Lipinski definition) is 2. The van der Waals surface area contributed by atoms with Gasteiger partial charge in [-0.05, 0) is 48.4 Å². The maximum Gasteiger partial charge on any atom is 0.354 e. The van der Waals surface area contributed by atoms with Crippen molar-refractivity contribution < 1.29 is 9.53 Å². The van der Waals surface area contributed by atoms with E-state index in [1.54, 1.807) is 6.07 Å². The number of nitrogens with one attached hydrogen (secondary N) is 2. The molecule has 1 aliphatic rings. The number of aromatic nitrogens is 1. The van der Waals surface area contributed by atoms with Gasteiger partial charge in [-0.3, -0.25) is 0 Å². The molecular formula is C15H18N2O2S. The Bertz CT molecular complexity index is 603.